The zero-order valence-corrected chi connectivity index (χ0v) is 16.0. The van der Waals surface area contributed by atoms with Crippen molar-refractivity contribution in [3.05, 3.63) is 57.4 Å². The van der Waals surface area contributed by atoms with Crippen LogP contribution in [0.2, 0.25) is 5.02 Å². The Kier molecular flexibility index (Phi) is 5.82. The number of Topliss-reactive ketones (excluding diaryl/α,β-unsaturated/α-hetero) is 1. The second-order valence-electron chi connectivity index (χ2n) is 6.81. The SMILES string of the molecule is CCCCOC(=O)C1=C(C)NC2=C(C(=O)CCC2)[C@@H]1c1ccc(Cl)cc1. The van der Waals surface area contributed by atoms with Gasteiger partial charge in [0.25, 0.3) is 0 Å². The summed E-state index contributed by atoms with van der Waals surface area (Å²) in [5.74, 6) is -0.649. The summed E-state index contributed by atoms with van der Waals surface area (Å²) in [6.07, 6.45) is 3.95. The number of halogens is 1. The highest BCUT2D eigenvalue weighted by Gasteiger charge is 2.38. The fourth-order valence-corrected chi connectivity index (χ4v) is 3.76. The summed E-state index contributed by atoms with van der Waals surface area (Å²) in [6, 6.07) is 7.36. The van der Waals surface area contributed by atoms with E-state index >= 15 is 0 Å². The van der Waals surface area contributed by atoms with Gasteiger partial charge in [0, 0.05) is 34.3 Å². The third-order valence-electron chi connectivity index (χ3n) is 4.93. The fraction of sp³-hybridized carbons (Fsp3) is 0.429. The molecule has 0 fully saturated rings. The van der Waals surface area contributed by atoms with Gasteiger partial charge in [-0.15, -0.1) is 0 Å². The van der Waals surface area contributed by atoms with E-state index in [2.05, 4.69) is 12.2 Å². The lowest BCUT2D eigenvalue weighted by Gasteiger charge is -2.34. The Labute approximate surface area is 159 Å². The molecule has 0 saturated carbocycles. The summed E-state index contributed by atoms with van der Waals surface area (Å²) in [4.78, 5) is 25.6. The number of hydrogen-bond donors (Lipinski definition) is 1. The standard InChI is InChI=1S/C21H24ClNO3/c1-3-4-12-26-21(25)18-13(2)23-16-6-5-7-17(24)20(16)19(18)14-8-10-15(22)11-9-14/h8-11,19,23H,3-7,12H2,1-2H3/t19-/m1/s1. The molecule has 26 heavy (non-hydrogen) atoms. The first-order valence-corrected chi connectivity index (χ1v) is 9.57. The number of nitrogens with one attached hydrogen (secondary N) is 1. The summed E-state index contributed by atoms with van der Waals surface area (Å²) >= 11 is 6.03. The van der Waals surface area contributed by atoms with Crippen LogP contribution < -0.4 is 5.32 Å². The molecule has 0 radical (unpaired) electrons. The number of benzene rings is 1. The Bertz CT molecular complexity index is 777. The minimum atomic E-state index is -0.398. The molecule has 0 aromatic heterocycles. The van der Waals surface area contributed by atoms with Crippen LogP contribution in [-0.4, -0.2) is 18.4 Å². The average Bonchev–Trinajstić information content (AvgIpc) is 2.61. The van der Waals surface area contributed by atoms with Crippen LogP contribution >= 0.6 is 11.6 Å². The number of esters is 1. The summed E-state index contributed by atoms with van der Waals surface area (Å²) in [5.41, 5.74) is 3.81. The minimum Gasteiger partial charge on any atom is -0.462 e. The summed E-state index contributed by atoms with van der Waals surface area (Å²) in [5, 5.41) is 3.92. The van der Waals surface area contributed by atoms with Crippen LogP contribution in [0.5, 0.6) is 0 Å². The van der Waals surface area contributed by atoms with E-state index in [0.717, 1.165) is 42.6 Å². The van der Waals surface area contributed by atoms with Crippen LogP contribution in [-0.2, 0) is 14.3 Å². The number of ketones is 1. The van der Waals surface area contributed by atoms with E-state index in [4.69, 9.17) is 16.3 Å². The van der Waals surface area contributed by atoms with Crippen molar-refractivity contribution < 1.29 is 14.3 Å². The summed E-state index contributed by atoms with van der Waals surface area (Å²) in [6.45, 7) is 4.32. The van der Waals surface area contributed by atoms with Crippen molar-refractivity contribution in [2.45, 2.75) is 51.9 Å². The Morgan fingerprint density at radius 1 is 1.27 bits per heavy atom. The smallest absolute Gasteiger partial charge is 0.336 e. The van der Waals surface area contributed by atoms with Crippen LogP contribution in [0.4, 0.5) is 0 Å². The molecule has 1 aromatic rings. The molecule has 0 unspecified atom stereocenters. The maximum atomic E-state index is 12.8. The van der Waals surface area contributed by atoms with E-state index in [-0.39, 0.29) is 11.8 Å². The molecule has 0 amide bonds. The Morgan fingerprint density at radius 2 is 2.00 bits per heavy atom. The molecule has 0 saturated heterocycles. The molecule has 1 heterocycles. The quantitative estimate of drug-likeness (QED) is 0.602. The van der Waals surface area contributed by atoms with Crippen molar-refractivity contribution in [1.82, 2.24) is 5.32 Å². The normalized spacial score (nSPS) is 20.0. The van der Waals surface area contributed by atoms with Gasteiger partial charge in [0.1, 0.15) is 0 Å². The van der Waals surface area contributed by atoms with Gasteiger partial charge >= 0.3 is 5.97 Å². The molecular weight excluding hydrogens is 350 g/mol. The molecule has 1 aliphatic heterocycles. The Hall–Kier alpha value is -2.07. The lowest BCUT2D eigenvalue weighted by atomic mass is 9.75. The number of ether oxygens (including phenoxy) is 1. The molecular formula is C21H24ClNO3. The number of dihydropyridines is 1. The third kappa shape index (κ3) is 3.70. The first-order chi connectivity index (χ1) is 12.5. The van der Waals surface area contributed by atoms with E-state index in [1.807, 2.05) is 19.1 Å². The number of allylic oxidation sites excluding steroid dienone is 3. The van der Waals surface area contributed by atoms with Crippen molar-refractivity contribution in [2.24, 2.45) is 0 Å². The molecule has 2 aliphatic rings. The van der Waals surface area contributed by atoms with E-state index in [9.17, 15) is 9.59 Å². The number of carbonyl (C=O) groups is 2. The zero-order chi connectivity index (χ0) is 18.7. The van der Waals surface area contributed by atoms with Gasteiger partial charge in [0.15, 0.2) is 5.78 Å². The Morgan fingerprint density at radius 3 is 2.69 bits per heavy atom. The molecule has 1 aliphatic carbocycles. The largest absolute Gasteiger partial charge is 0.462 e. The van der Waals surface area contributed by atoms with Gasteiger partial charge in [-0.25, -0.2) is 4.79 Å². The molecule has 0 spiro atoms. The molecule has 0 bridgehead atoms. The maximum absolute atomic E-state index is 12.8. The van der Waals surface area contributed by atoms with Gasteiger partial charge in [-0.2, -0.15) is 0 Å². The van der Waals surface area contributed by atoms with Gasteiger partial charge in [-0.3, -0.25) is 4.79 Å². The number of hydrogen-bond acceptors (Lipinski definition) is 4. The predicted molar refractivity (Wildman–Crippen MR) is 102 cm³/mol. The summed E-state index contributed by atoms with van der Waals surface area (Å²) in [7, 11) is 0. The van der Waals surface area contributed by atoms with Crippen LogP contribution in [0.3, 0.4) is 0 Å². The molecule has 1 N–H and O–H groups in total. The topological polar surface area (TPSA) is 55.4 Å². The van der Waals surface area contributed by atoms with Crippen LogP contribution in [0.15, 0.2) is 46.8 Å². The van der Waals surface area contributed by atoms with E-state index < -0.39 is 5.92 Å². The first kappa shape index (κ1) is 18.7. The lowest BCUT2D eigenvalue weighted by Crippen LogP contribution is -2.34. The maximum Gasteiger partial charge on any atom is 0.336 e. The average molecular weight is 374 g/mol. The van der Waals surface area contributed by atoms with E-state index in [1.165, 1.54) is 0 Å². The van der Waals surface area contributed by atoms with Gasteiger partial charge in [-0.05, 0) is 43.9 Å². The van der Waals surface area contributed by atoms with Crippen LogP contribution in [0.25, 0.3) is 0 Å². The van der Waals surface area contributed by atoms with E-state index in [1.54, 1.807) is 12.1 Å². The number of rotatable bonds is 5. The highest BCUT2D eigenvalue weighted by Crippen LogP contribution is 2.42. The monoisotopic (exact) mass is 373 g/mol. The molecule has 4 nitrogen and oxygen atoms in total. The highest BCUT2D eigenvalue weighted by atomic mass is 35.5. The molecule has 3 rings (SSSR count). The van der Waals surface area contributed by atoms with Crippen molar-refractivity contribution in [2.75, 3.05) is 6.61 Å². The second kappa shape index (κ2) is 8.09. The van der Waals surface area contributed by atoms with Gasteiger partial charge < -0.3 is 10.1 Å². The van der Waals surface area contributed by atoms with Crippen LogP contribution in [0.1, 0.15) is 57.4 Å². The lowest BCUT2D eigenvalue weighted by molar-refractivity contribution is -0.139. The molecule has 1 atom stereocenters. The van der Waals surface area contributed by atoms with Gasteiger partial charge in [0.2, 0.25) is 0 Å². The molecule has 1 aromatic carbocycles. The molecule has 5 heteroatoms. The van der Waals surface area contributed by atoms with Gasteiger partial charge in [-0.1, -0.05) is 37.1 Å². The third-order valence-corrected chi connectivity index (χ3v) is 5.18. The summed E-state index contributed by atoms with van der Waals surface area (Å²) < 4.78 is 5.49. The fourth-order valence-electron chi connectivity index (χ4n) is 3.63. The first-order valence-electron chi connectivity index (χ1n) is 9.19. The van der Waals surface area contributed by atoms with Crippen LogP contribution in [0, 0.1) is 0 Å². The van der Waals surface area contributed by atoms with Gasteiger partial charge in [0.05, 0.1) is 12.2 Å². The second-order valence-corrected chi connectivity index (χ2v) is 7.24. The van der Waals surface area contributed by atoms with E-state index in [0.29, 0.717) is 29.2 Å². The zero-order valence-electron chi connectivity index (χ0n) is 15.2. The van der Waals surface area contributed by atoms with Crippen molar-refractivity contribution in [1.29, 1.82) is 0 Å². The number of carbonyl (C=O) groups excluding carboxylic acids is 2. The predicted octanol–water partition coefficient (Wildman–Crippen LogP) is 4.65. The van der Waals surface area contributed by atoms with Crippen molar-refractivity contribution in [3.8, 4) is 0 Å². The minimum absolute atomic E-state index is 0.102. The highest BCUT2D eigenvalue weighted by molar-refractivity contribution is 6.30. The Balaban J connectivity index is 2.04. The van der Waals surface area contributed by atoms with Crippen molar-refractivity contribution >= 4 is 23.4 Å². The molecule has 138 valence electrons. The van der Waals surface area contributed by atoms with Crippen molar-refractivity contribution in [3.63, 3.8) is 0 Å². The number of unbranched alkanes of at least 4 members (excludes halogenated alkanes) is 1.